The Morgan fingerprint density at radius 3 is 2.35 bits per heavy atom. The van der Waals surface area contributed by atoms with Crippen LogP contribution in [0.1, 0.15) is 17.3 Å². The summed E-state index contributed by atoms with van der Waals surface area (Å²) in [7, 11) is 3.21. The summed E-state index contributed by atoms with van der Waals surface area (Å²) in [4.78, 5) is 13.5. The zero-order valence-electron chi connectivity index (χ0n) is 10.2. The van der Waals surface area contributed by atoms with Crippen molar-refractivity contribution in [3.63, 3.8) is 0 Å². The van der Waals surface area contributed by atoms with E-state index in [1.165, 1.54) is 23.1 Å². The molecule has 5 heteroatoms. The van der Waals surface area contributed by atoms with Crippen LogP contribution in [0.25, 0.3) is 0 Å². The lowest BCUT2D eigenvalue weighted by atomic mass is 10.1. The summed E-state index contributed by atoms with van der Waals surface area (Å²) in [6, 6.07) is 3.72. The van der Waals surface area contributed by atoms with E-state index in [0.29, 0.717) is 6.61 Å². The fourth-order valence-electron chi connectivity index (χ4n) is 1.48. The van der Waals surface area contributed by atoms with E-state index in [-0.39, 0.29) is 29.0 Å². The summed E-state index contributed by atoms with van der Waals surface area (Å²) in [5.41, 5.74) is 0.243. The lowest BCUT2D eigenvalue weighted by molar-refractivity contribution is 0.0633. The van der Waals surface area contributed by atoms with Crippen LogP contribution in [-0.2, 0) is 4.74 Å². The first-order chi connectivity index (χ1) is 7.95. The minimum Gasteiger partial charge on any atom is -0.508 e. The third-order valence-corrected chi connectivity index (χ3v) is 2.54. The minimum absolute atomic E-state index is 0.0861. The van der Waals surface area contributed by atoms with Crippen molar-refractivity contribution in [2.45, 2.75) is 13.0 Å². The van der Waals surface area contributed by atoms with Crippen LogP contribution in [0, 0.1) is 0 Å². The van der Waals surface area contributed by atoms with Gasteiger partial charge >= 0.3 is 0 Å². The molecular weight excluding hydrogens is 222 g/mol. The molecule has 0 aliphatic heterocycles. The number of methoxy groups -OCH3 is 1. The van der Waals surface area contributed by atoms with Crippen molar-refractivity contribution in [1.82, 2.24) is 4.90 Å². The summed E-state index contributed by atoms with van der Waals surface area (Å²) in [6.07, 6.45) is 0. The van der Waals surface area contributed by atoms with Gasteiger partial charge in [0, 0.05) is 25.8 Å². The highest BCUT2D eigenvalue weighted by Crippen LogP contribution is 2.21. The highest BCUT2D eigenvalue weighted by atomic mass is 16.5. The molecule has 1 aromatic rings. The van der Waals surface area contributed by atoms with Crippen LogP contribution in [0.2, 0.25) is 0 Å². The zero-order chi connectivity index (χ0) is 13.0. The number of amides is 1. The monoisotopic (exact) mass is 239 g/mol. The maximum atomic E-state index is 12.0. The SMILES string of the molecule is COCC(C)N(C)C(=O)c1cc(O)cc(O)c1. The molecule has 0 radical (unpaired) electrons. The molecule has 1 rings (SSSR count). The van der Waals surface area contributed by atoms with Crippen molar-refractivity contribution in [2.24, 2.45) is 0 Å². The number of ether oxygens (including phenoxy) is 1. The van der Waals surface area contributed by atoms with Crippen molar-refractivity contribution in [1.29, 1.82) is 0 Å². The van der Waals surface area contributed by atoms with Crippen LogP contribution < -0.4 is 0 Å². The van der Waals surface area contributed by atoms with E-state index in [0.717, 1.165) is 0 Å². The molecule has 2 N–H and O–H groups in total. The average molecular weight is 239 g/mol. The van der Waals surface area contributed by atoms with Gasteiger partial charge in [0.1, 0.15) is 11.5 Å². The molecular formula is C12H17NO4. The number of carbonyl (C=O) groups excluding carboxylic acids is 1. The van der Waals surface area contributed by atoms with E-state index >= 15 is 0 Å². The molecule has 0 saturated carbocycles. The number of carbonyl (C=O) groups is 1. The number of phenols is 2. The van der Waals surface area contributed by atoms with Gasteiger partial charge < -0.3 is 19.8 Å². The Balaban J connectivity index is 2.88. The number of nitrogens with zero attached hydrogens (tertiary/aromatic N) is 1. The summed E-state index contributed by atoms with van der Waals surface area (Å²) in [6.45, 7) is 2.27. The fourth-order valence-corrected chi connectivity index (χ4v) is 1.48. The van der Waals surface area contributed by atoms with Gasteiger partial charge in [0.05, 0.1) is 12.6 Å². The molecule has 0 aliphatic carbocycles. The third kappa shape index (κ3) is 3.35. The maximum absolute atomic E-state index is 12.0. The molecule has 1 amide bonds. The summed E-state index contributed by atoms with van der Waals surface area (Å²) in [5.74, 6) is -0.553. The van der Waals surface area contributed by atoms with Crippen LogP contribution in [0.4, 0.5) is 0 Å². The van der Waals surface area contributed by atoms with Gasteiger partial charge in [-0.15, -0.1) is 0 Å². The first-order valence-corrected chi connectivity index (χ1v) is 5.24. The largest absolute Gasteiger partial charge is 0.508 e. The first kappa shape index (κ1) is 13.3. The summed E-state index contributed by atoms with van der Waals surface area (Å²) in [5, 5.41) is 18.6. The number of hydrogen-bond acceptors (Lipinski definition) is 4. The van der Waals surface area contributed by atoms with Crippen molar-refractivity contribution < 1.29 is 19.7 Å². The molecule has 1 atom stereocenters. The molecule has 0 heterocycles. The molecule has 0 bridgehead atoms. The second-order valence-electron chi connectivity index (χ2n) is 3.96. The Labute approximate surface area is 100 Å². The van der Waals surface area contributed by atoms with E-state index in [4.69, 9.17) is 4.74 Å². The first-order valence-electron chi connectivity index (χ1n) is 5.24. The molecule has 0 aliphatic rings. The van der Waals surface area contributed by atoms with Gasteiger partial charge in [-0.1, -0.05) is 0 Å². The average Bonchev–Trinajstić information content (AvgIpc) is 2.26. The topological polar surface area (TPSA) is 70.0 Å². The van der Waals surface area contributed by atoms with Gasteiger partial charge in [-0.05, 0) is 19.1 Å². The van der Waals surface area contributed by atoms with Crippen molar-refractivity contribution in [3.05, 3.63) is 23.8 Å². The van der Waals surface area contributed by atoms with Crippen molar-refractivity contribution >= 4 is 5.91 Å². The molecule has 17 heavy (non-hydrogen) atoms. The van der Waals surface area contributed by atoms with Crippen LogP contribution in [0.3, 0.4) is 0 Å². The molecule has 0 spiro atoms. The van der Waals surface area contributed by atoms with Crippen molar-refractivity contribution in [3.8, 4) is 11.5 Å². The van der Waals surface area contributed by atoms with Crippen LogP contribution in [0.5, 0.6) is 11.5 Å². The zero-order valence-corrected chi connectivity index (χ0v) is 10.2. The number of aromatic hydroxyl groups is 2. The van der Waals surface area contributed by atoms with E-state index in [9.17, 15) is 15.0 Å². The van der Waals surface area contributed by atoms with E-state index < -0.39 is 0 Å². The van der Waals surface area contributed by atoms with Crippen LogP contribution in [-0.4, -0.2) is 47.8 Å². The van der Waals surface area contributed by atoms with Gasteiger partial charge in [-0.25, -0.2) is 0 Å². The second-order valence-corrected chi connectivity index (χ2v) is 3.96. The Hall–Kier alpha value is -1.75. The molecule has 0 fully saturated rings. The van der Waals surface area contributed by atoms with Gasteiger partial charge in [-0.2, -0.15) is 0 Å². The maximum Gasteiger partial charge on any atom is 0.254 e. The van der Waals surface area contributed by atoms with E-state index in [1.54, 1.807) is 14.2 Å². The Morgan fingerprint density at radius 1 is 1.35 bits per heavy atom. The minimum atomic E-state index is -0.277. The quantitative estimate of drug-likeness (QED) is 0.828. The van der Waals surface area contributed by atoms with Gasteiger partial charge in [0.25, 0.3) is 5.91 Å². The standard InChI is InChI=1S/C12H17NO4/c1-8(7-17-3)13(2)12(16)9-4-10(14)6-11(15)5-9/h4-6,8,14-15H,7H2,1-3H3. The highest BCUT2D eigenvalue weighted by Gasteiger charge is 2.18. The smallest absolute Gasteiger partial charge is 0.254 e. The van der Waals surface area contributed by atoms with Crippen LogP contribution >= 0.6 is 0 Å². The number of phenolic OH excluding ortho intramolecular Hbond substituents is 2. The third-order valence-electron chi connectivity index (χ3n) is 2.54. The molecule has 1 unspecified atom stereocenters. The number of rotatable bonds is 4. The molecule has 5 nitrogen and oxygen atoms in total. The lowest BCUT2D eigenvalue weighted by Gasteiger charge is -2.24. The predicted molar refractivity (Wildman–Crippen MR) is 63.2 cm³/mol. The summed E-state index contributed by atoms with van der Waals surface area (Å²) < 4.78 is 4.97. The predicted octanol–water partition coefficient (Wildman–Crippen LogP) is 1.20. The highest BCUT2D eigenvalue weighted by molar-refractivity contribution is 5.95. The van der Waals surface area contributed by atoms with Gasteiger partial charge in [0.2, 0.25) is 0 Å². The van der Waals surface area contributed by atoms with Gasteiger partial charge in [-0.3, -0.25) is 4.79 Å². The fraction of sp³-hybridized carbons (Fsp3) is 0.417. The molecule has 0 saturated heterocycles. The van der Waals surface area contributed by atoms with Gasteiger partial charge in [0.15, 0.2) is 0 Å². The van der Waals surface area contributed by atoms with E-state index in [2.05, 4.69) is 0 Å². The van der Waals surface area contributed by atoms with Crippen LogP contribution in [0.15, 0.2) is 18.2 Å². The number of likely N-dealkylation sites (N-methyl/N-ethyl adjacent to an activating group) is 1. The Kier molecular flexibility index (Phi) is 4.34. The second kappa shape index (κ2) is 5.54. The summed E-state index contributed by atoms with van der Waals surface area (Å²) >= 11 is 0. The molecule has 0 aromatic heterocycles. The lowest BCUT2D eigenvalue weighted by Crippen LogP contribution is -2.37. The van der Waals surface area contributed by atoms with Crippen molar-refractivity contribution in [2.75, 3.05) is 20.8 Å². The molecule has 94 valence electrons. The normalized spacial score (nSPS) is 12.2. The molecule has 1 aromatic carbocycles. The number of benzene rings is 1. The van der Waals surface area contributed by atoms with E-state index in [1.807, 2.05) is 6.92 Å². The Bertz CT molecular complexity index is 385. The number of hydrogen-bond donors (Lipinski definition) is 2. The Morgan fingerprint density at radius 2 is 1.88 bits per heavy atom.